The van der Waals surface area contributed by atoms with Gasteiger partial charge in [0.1, 0.15) is 11.5 Å². The molecule has 2 heterocycles. The fourth-order valence-electron chi connectivity index (χ4n) is 2.04. The lowest BCUT2D eigenvalue weighted by molar-refractivity contribution is -0.116. The van der Waals surface area contributed by atoms with Gasteiger partial charge in [-0.15, -0.1) is 0 Å². The van der Waals surface area contributed by atoms with Crippen LogP contribution < -0.4 is 4.90 Å². The van der Waals surface area contributed by atoms with Crippen molar-refractivity contribution in [3.05, 3.63) is 28.0 Å². The Morgan fingerprint density at radius 2 is 2.22 bits per heavy atom. The molecule has 0 atom stereocenters. The zero-order valence-electron chi connectivity index (χ0n) is 11.0. The number of imidazole rings is 1. The van der Waals surface area contributed by atoms with E-state index in [4.69, 9.17) is 0 Å². The molecule has 0 spiro atoms. The molecule has 0 aliphatic heterocycles. The van der Waals surface area contributed by atoms with E-state index in [0.29, 0.717) is 0 Å². The summed E-state index contributed by atoms with van der Waals surface area (Å²) in [6.45, 7) is 5.62. The minimum Gasteiger partial charge on any atom is -0.300 e. The minimum absolute atomic E-state index is 0.00382. The van der Waals surface area contributed by atoms with Crippen molar-refractivity contribution in [2.24, 2.45) is 0 Å². The van der Waals surface area contributed by atoms with Crippen LogP contribution in [0.4, 0.5) is 5.82 Å². The number of amides is 1. The average molecular weight is 310 g/mol. The van der Waals surface area contributed by atoms with E-state index < -0.39 is 0 Å². The Balaban J connectivity index is 2.80. The second-order valence-electron chi connectivity index (χ2n) is 4.35. The molecule has 0 fully saturated rings. The fourth-order valence-corrected chi connectivity index (χ4v) is 2.59. The van der Waals surface area contributed by atoms with Gasteiger partial charge in [0.2, 0.25) is 5.91 Å². The van der Waals surface area contributed by atoms with Gasteiger partial charge in [0, 0.05) is 24.6 Å². The number of pyridine rings is 1. The second-order valence-corrected chi connectivity index (χ2v) is 5.26. The molecule has 0 aliphatic carbocycles. The van der Waals surface area contributed by atoms with Gasteiger partial charge in [-0.2, -0.15) is 0 Å². The second kappa shape index (κ2) is 4.72. The highest BCUT2D eigenvalue weighted by molar-refractivity contribution is 9.10. The Kier molecular flexibility index (Phi) is 3.43. The fraction of sp³-hybridized carbons (Fsp3) is 0.385. The van der Waals surface area contributed by atoms with Gasteiger partial charge in [-0.3, -0.25) is 14.1 Å². The number of halogens is 1. The van der Waals surface area contributed by atoms with Crippen LogP contribution >= 0.6 is 15.9 Å². The largest absolute Gasteiger partial charge is 0.300 e. The Bertz CT molecular complexity index is 618. The predicted molar refractivity (Wildman–Crippen MR) is 76.1 cm³/mol. The summed E-state index contributed by atoms with van der Waals surface area (Å²) in [5.74, 6) is 0.855. The van der Waals surface area contributed by atoms with Crippen LogP contribution in [0, 0.1) is 6.92 Å². The molecular weight excluding hydrogens is 294 g/mol. The maximum absolute atomic E-state index is 11.6. The first kappa shape index (κ1) is 13.1. The summed E-state index contributed by atoms with van der Waals surface area (Å²) in [7, 11) is 1.78. The first-order chi connectivity index (χ1) is 8.45. The molecule has 2 aromatic rings. The predicted octanol–water partition coefficient (Wildman–Crippen LogP) is 2.95. The molecule has 0 bridgehead atoms. The molecule has 0 saturated carbocycles. The monoisotopic (exact) mass is 309 g/mol. The van der Waals surface area contributed by atoms with Crippen molar-refractivity contribution in [3.63, 3.8) is 0 Å². The van der Waals surface area contributed by atoms with Crippen molar-refractivity contribution in [2.75, 3.05) is 11.9 Å². The molecular formula is C13H16BrN3O. The number of aromatic nitrogens is 2. The minimum atomic E-state index is 0.00382. The molecule has 0 radical (unpaired) electrons. The molecule has 0 aliphatic rings. The Morgan fingerprint density at radius 1 is 1.56 bits per heavy atom. The van der Waals surface area contributed by atoms with E-state index in [2.05, 4.69) is 20.9 Å². The number of fused-ring (bicyclic) bond motifs is 1. The number of carbonyl (C=O) groups excluding carboxylic acids is 1. The first-order valence-electron chi connectivity index (χ1n) is 5.87. The van der Waals surface area contributed by atoms with Gasteiger partial charge in [-0.1, -0.05) is 6.92 Å². The summed E-state index contributed by atoms with van der Waals surface area (Å²) in [6, 6.07) is 2.03. The van der Waals surface area contributed by atoms with Crippen LogP contribution in [0.25, 0.3) is 5.65 Å². The number of hydrogen-bond acceptors (Lipinski definition) is 2. The summed E-state index contributed by atoms with van der Waals surface area (Å²) >= 11 is 3.48. The van der Waals surface area contributed by atoms with Crippen molar-refractivity contribution in [1.29, 1.82) is 0 Å². The first-order valence-corrected chi connectivity index (χ1v) is 6.66. The zero-order valence-corrected chi connectivity index (χ0v) is 12.6. The van der Waals surface area contributed by atoms with Crippen LogP contribution in [0.2, 0.25) is 0 Å². The average Bonchev–Trinajstić information content (AvgIpc) is 2.66. The highest BCUT2D eigenvalue weighted by atomic mass is 79.9. The molecule has 0 unspecified atom stereocenters. The molecule has 2 aromatic heterocycles. The van der Waals surface area contributed by atoms with E-state index in [9.17, 15) is 4.79 Å². The standard InChI is InChI=1S/C13H16BrN3O/c1-5-11-13(16(4)9(3)18)17-7-10(14)6-8(2)12(17)15-11/h6-7H,5H2,1-4H3. The van der Waals surface area contributed by atoms with E-state index in [-0.39, 0.29) is 5.91 Å². The number of anilines is 1. The van der Waals surface area contributed by atoms with Crippen LogP contribution in [0.15, 0.2) is 16.7 Å². The number of aryl methyl sites for hydroxylation is 2. The van der Waals surface area contributed by atoms with Crippen LogP contribution in [0.5, 0.6) is 0 Å². The molecule has 2 rings (SSSR count). The number of hydrogen-bond donors (Lipinski definition) is 0. The molecule has 4 nitrogen and oxygen atoms in total. The van der Waals surface area contributed by atoms with Gasteiger partial charge in [0.05, 0.1) is 5.69 Å². The smallest absolute Gasteiger partial charge is 0.224 e. The van der Waals surface area contributed by atoms with E-state index >= 15 is 0 Å². The normalized spacial score (nSPS) is 10.9. The Labute approximate surface area is 115 Å². The highest BCUT2D eigenvalue weighted by Gasteiger charge is 2.18. The van der Waals surface area contributed by atoms with Gasteiger partial charge in [0.25, 0.3) is 0 Å². The van der Waals surface area contributed by atoms with Crippen molar-refractivity contribution in [2.45, 2.75) is 27.2 Å². The Morgan fingerprint density at radius 3 is 2.78 bits per heavy atom. The lowest BCUT2D eigenvalue weighted by Gasteiger charge is -2.16. The van der Waals surface area contributed by atoms with Gasteiger partial charge in [-0.05, 0) is 40.9 Å². The molecule has 0 N–H and O–H groups in total. The summed E-state index contributed by atoms with van der Waals surface area (Å²) in [6.07, 6.45) is 2.74. The van der Waals surface area contributed by atoms with Crippen LogP contribution in [0.1, 0.15) is 25.1 Å². The van der Waals surface area contributed by atoms with Gasteiger partial charge in [-0.25, -0.2) is 4.98 Å². The lowest BCUT2D eigenvalue weighted by atomic mass is 10.3. The van der Waals surface area contributed by atoms with E-state index in [1.807, 2.05) is 30.5 Å². The quantitative estimate of drug-likeness (QED) is 0.855. The lowest BCUT2D eigenvalue weighted by Crippen LogP contribution is -2.25. The third kappa shape index (κ3) is 2.03. The zero-order chi connectivity index (χ0) is 13.4. The molecule has 0 aromatic carbocycles. The van der Waals surface area contributed by atoms with Crippen molar-refractivity contribution >= 4 is 33.3 Å². The molecule has 5 heteroatoms. The van der Waals surface area contributed by atoms with E-state index in [0.717, 1.165) is 33.6 Å². The van der Waals surface area contributed by atoms with Crippen molar-refractivity contribution in [3.8, 4) is 0 Å². The third-order valence-electron chi connectivity index (χ3n) is 3.04. The molecule has 18 heavy (non-hydrogen) atoms. The van der Waals surface area contributed by atoms with Gasteiger partial charge >= 0.3 is 0 Å². The highest BCUT2D eigenvalue weighted by Crippen LogP contribution is 2.26. The number of rotatable bonds is 2. The van der Waals surface area contributed by atoms with E-state index in [1.54, 1.807) is 18.9 Å². The van der Waals surface area contributed by atoms with Crippen molar-refractivity contribution < 1.29 is 4.79 Å². The van der Waals surface area contributed by atoms with Crippen molar-refractivity contribution in [1.82, 2.24) is 9.38 Å². The maximum Gasteiger partial charge on any atom is 0.224 e. The number of carbonyl (C=O) groups is 1. The molecule has 1 amide bonds. The SMILES string of the molecule is CCc1nc2c(C)cc(Br)cn2c1N(C)C(C)=O. The molecule has 0 saturated heterocycles. The summed E-state index contributed by atoms with van der Waals surface area (Å²) < 4.78 is 2.95. The third-order valence-corrected chi connectivity index (χ3v) is 3.47. The van der Waals surface area contributed by atoms with Crippen LogP contribution in [0.3, 0.4) is 0 Å². The molecule has 96 valence electrons. The summed E-state index contributed by atoms with van der Waals surface area (Å²) in [5.41, 5.74) is 2.93. The summed E-state index contributed by atoms with van der Waals surface area (Å²) in [4.78, 5) is 17.9. The van der Waals surface area contributed by atoms with Gasteiger partial charge in [0.15, 0.2) is 0 Å². The maximum atomic E-state index is 11.6. The van der Waals surface area contributed by atoms with Crippen LogP contribution in [-0.2, 0) is 11.2 Å². The van der Waals surface area contributed by atoms with Gasteiger partial charge < -0.3 is 0 Å². The topological polar surface area (TPSA) is 37.6 Å². The summed E-state index contributed by atoms with van der Waals surface area (Å²) in [5, 5.41) is 0. The van der Waals surface area contributed by atoms with Crippen LogP contribution in [-0.4, -0.2) is 22.3 Å². The Hall–Kier alpha value is -1.36. The van der Waals surface area contributed by atoms with E-state index in [1.165, 1.54) is 0 Å². The number of nitrogens with zero attached hydrogens (tertiary/aromatic N) is 3.